The molecule has 88 valence electrons. The summed E-state index contributed by atoms with van der Waals surface area (Å²) in [6, 6.07) is 9.92. The Labute approximate surface area is 103 Å². The van der Waals surface area contributed by atoms with Gasteiger partial charge in [0, 0.05) is 17.6 Å². The minimum absolute atomic E-state index is 0.912. The van der Waals surface area contributed by atoms with Crippen LogP contribution >= 0.6 is 0 Å². The molecule has 0 aromatic heterocycles. The fraction of sp³-hybridized carbons (Fsp3) is 0.133. The molecule has 0 aliphatic heterocycles. The van der Waals surface area contributed by atoms with Gasteiger partial charge < -0.3 is 10.7 Å². The van der Waals surface area contributed by atoms with Crippen LogP contribution in [-0.2, 0) is 0 Å². The van der Waals surface area contributed by atoms with Gasteiger partial charge in [0.2, 0.25) is 0 Å². The summed E-state index contributed by atoms with van der Waals surface area (Å²) in [5.41, 5.74) is 1.93. The summed E-state index contributed by atoms with van der Waals surface area (Å²) in [4.78, 5) is 0. The summed E-state index contributed by atoms with van der Waals surface area (Å²) in [6.07, 6.45) is 10.9. The van der Waals surface area contributed by atoms with Crippen LogP contribution in [0.3, 0.4) is 0 Å². The largest absolute Gasteiger partial charge is 0.355 e. The summed E-state index contributed by atoms with van der Waals surface area (Å²) in [6.45, 7) is 3.68. The fourth-order valence-corrected chi connectivity index (χ4v) is 1.34. The van der Waals surface area contributed by atoms with Gasteiger partial charge in [-0.3, -0.25) is 0 Å². The van der Waals surface area contributed by atoms with Crippen molar-refractivity contribution in [3.8, 4) is 0 Å². The van der Waals surface area contributed by atoms with Crippen LogP contribution in [0.25, 0.3) is 0 Å². The Morgan fingerprint density at radius 1 is 1.24 bits per heavy atom. The molecule has 1 rings (SSSR count). The summed E-state index contributed by atoms with van der Waals surface area (Å²) < 4.78 is 0. The van der Waals surface area contributed by atoms with Gasteiger partial charge in [-0.1, -0.05) is 30.4 Å². The maximum absolute atomic E-state index is 7.12. The number of allylic oxidation sites excluding steroid dienone is 4. The van der Waals surface area contributed by atoms with Gasteiger partial charge in [-0.25, -0.2) is 0 Å². The average molecular weight is 226 g/mol. The number of benzene rings is 1. The van der Waals surface area contributed by atoms with Gasteiger partial charge in [-0.05, 0) is 37.1 Å². The van der Waals surface area contributed by atoms with E-state index in [4.69, 9.17) is 5.41 Å². The Morgan fingerprint density at radius 2 is 2.00 bits per heavy atom. The van der Waals surface area contributed by atoms with Crippen LogP contribution in [0.1, 0.15) is 12.8 Å². The van der Waals surface area contributed by atoms with Crippen LogP contribution < -0.4 is 5.32 Å². The third-order valence-corrected chi connectivity index (χ3v) is 2.16. The fourth-order valence-electron chi connectivity index (χ4n) is 1.34. The van der Waals surface area contributed by atoms with Crippen molar-refractivity contribution >= 4 is 11.9 Å². The van der Waals surface area contributed by atoms with Gasteiger partial charge in [0.25, 0.3) is 0 Å². The monoisotopic (exact) mass is 226 g/mol. The van der Waals surface area contributed by atoms with Crippen molar-refractivity contribution in [2.75, 3.05) is 5.32 Å². The second kappa shape index (κ2) is 8.11. The van der Waals surface area contributed by atoms with Crippen molar-refractivity contribution < 1.29 is 0 Å². The van der Waals surface area contributed by atoms with E-state index in [9.17, 15) is 0 Å². The highest BCUT2D eigenvalue weighted by molar-refractivity contribution is 5.71. The highest BCUT2D eigenvalue weighted by atomic mass is 14.9. The molecule has 0 bridgehead atoms. The Hall–Kier alpha value is -2.09. The maximum Gasteiger partial charge on any atom is 0.0396 e. The van der Waals surface area contributed by atoms with Gasteiger partial charge in [0.05, 0.1) is 0 Å². The van der Waals surface area contributed by atoms with E-state index in [1.807, 2.05) is 42.5 Å². The first-order valence-electron chi connectivity index (χ1n) is 5.67. The first kappa shape index (κ1) is 13.0. The van der Waals surface area contributed by atoms with Crippen molar-refractivity contribution in [2.24, 2.45) is 0 Å². The average Bonchev–Trinajstić information content (AvgIpc) is 2.36. The number of hydrogen-bond donors (Lipinski definition) is 2. The van der Waals surface area contributed by atoms with Gasteiger partial charge in [0.15, 0.2) is 0 Å². The quantitative estimate of drug-likeness (QED) is 0.311. The molecule has 0 spiro atoms. The van der Waals surface area contributed by atoms with E-state index < -0.39 is 0 Å². The highest BCUT2D eigenvalue weighted by Crippen LogP contribution is 2.10. The van der Waals surface area contributed by atoms with Gasteiger partial charge in [-0.2, -0.15) is 0 Å². The molecule has 0 aliphatic carbocycles. The van der Waals surface area contributed by atoms with E-state index in [1.54, 1.807) is 6.08 Å². The van der Waals surface area contributed by atoms with Gasteiger partial charge >= 0.3 is 0 Å². The molecule has 0 atom stereocenters. The molecule has 0 unspecified atom stereocenters. The molecule has 0 saturated carbocycles. The minimum Gasteiger partial charge on any atom is -0.355 e. The first-order chi connectivity index (χ1) is 8.36. The first-order valence-corrected chi connectivity index (χ1v) is 5.67. The van der Waals surface area contributed by atoms with Crippen molar-refractivity contribution in [2.45, 2.75) is 12.8 Å². The van der Waals surface area contributed by atoms with Crippen LogP contribution in [0.15, 0.2) is 66.9 Å². The Kier molecular flexibility index (Phi) is 6.19. The van der Waals surface area contributed by atoms with Gasteiger partial charge in [-0.15, -0.1) is 6.58 Å². The zero-order chi connectivity index (χ0) is 12.3. The maximum atomic E-state index is 7.12. The topological polar surface area (TPSA) is 35.9 Å². The number of rotatable bonds is 7. The molecule has 2 nitrogen and oxygen atoms in total. The highest BCUT2D eigenvalue weighted by Gasteiger charge is 1.92. The molecule has 0 radical (unpaired) electrons. The zero-order valence-corrected chi connectivity index (χ0v) is 9.89. The number of para-hydroxylation sites is 1. The number of anilines is 1. The molecule has 0 heterocycles. The van der Waals surface area contributed by atoms with Crippen LogP contribution in [0.5, 0.6) is 0 Å². The van der Waals surface area contributed by atoms with E-state index >= 15 is 0 Å². The molecule has 0 amide bonds. The normalized spacial score (nSPS) is 11.4. The second-order valence-corrected chi connectivity index (χ2v) is 3.55. The van der Waals surface area contributed by atoms with E-state index in [-0.39, 0.29) is 0 Å². The Balaban J connectivity index is 2.61. The molecule has 0 fully saturated rings. The lowest BCUT2D eigenvalue weighted by Crippen LogP contribution is -1.96. The molecule has 2 heteroatoms. The predicted octanol–water partition coefficient (Wildman–Crippen LogP) is 4.15. The number of unbranched alkanes of at least 4 members (excludes halogenated alkanes) is 1. The van der Waals surface area contributed by atoms with E-state index in [0.29, 0.717) is 0 Å². The van der Waals surface area contributed by atoms with E-state index in [1.165, 1.54) is 6.21 Å². The molecule has 1 aromatic rings. The molecule has 0 saturated heterocycles. The molecular formula is C15H18N2. The third-order valence-electron chi connectivity index (χ3n) is 2.16. The van der Waals surface area contributed by atoms with Crippen molar-refractivity contribution in [3.05, 3.63) is 66.9 Å². The molecule has 2 N–H and O–H groups in total. The molecular weight excluding hydrogens is 208 g/mol. The lowest BCUT2D eigenvalue weighted by molar-refractivity contribution is 1.05. The van der Waals surface area contributed by atoms with E-state index in [0.717, 1.165) is 24.2 Å². The van der Waals surface area contributed by atoms with E-state index in [2.05, 4.69) is 18.0 Å². The number of hydrogen-bond acceptors (Lipinski definition) is 2. The van der Waals surface area contributed by atoms with Crippen LogP contribution in [-0.4, -0.2) is 6.21 Å². The SMILES string of the molecule is C=CCC/C=C/C(=C\C=N)Nc1ccccc1. The molecule has 0 aliphatic rings. The van der Waals surface area contributed by atoms with Crippen molar-refractivity contribution in [1.82, 2.24) is 0 Å². The van der Waals surface area contributed by atoms with Gasteiger partial charge in [0.1, 0.15) is 0 Å². The molecule has 17 heavy (non-hydrogen) atoms. The number of nitrogens with one attached hydrogen (secondary N) is 2. The minimum atomic E-state index is 0.912. The second-order valence-electron chi connectivity index (χ2n) is 3.55. The predicted molar refractivity (Wildman–Crippen MR) is 75.5 cm³/mol. The third kappa shape index (κ3) is 5.52. The van der Waals surface area contributed by atoms with Crippen molar-refractivity contribution in [3.63, 3.8) is 0 Å². The summed E-state index contributed by atoms with van der Waals surface area (Å²) in [5, 5.41) is 10.4. The lowest BCUT2D eigenvalue weighted by Gasteiger charge is -2.06. The molecule has 1 aromatic carbocycles. The summed E-state index contributed by atoms with van der Waals surface area (Å²) in [5.74, 6) is 0. The van der Waals surface area contributed by atoms with Crippen LogP contribution in [0.2, 0.25) is 0 Å². The summed E-state index contributed by atoms with van der Waals surface area (Å²) in [7, 11) is 0. The summed E-state index contributed by atoms with van der Waals surface area (Å²) >= 11 is 0. The zero-order valence-electron chi connectivity index (χ0n) is 9.89. The lowest BCUT2D eigenvalue weighted by atomic mass is 10.2. The smallest absolute Gasteiger partial charge is 0.0396 e. The van der Waals surface area contributed by atoms with Crippen LogP contribution in [0.4, 0.5) is 5.69 Å². The standard InChI is InChI=1S/C15H18N2/c1-2-3-4-6-11-15(12-13-16)17-14-9-7-5-8-10-14/h2,5-13,16-17H,1,3-4H2/b11-6+,15-12+,16-13?. The van der Waals surface area contributed by atoms with Crippen LogP contribution in [0, 0.1) is 5.41 Å². The Morgan fingerprint density at radius 3 is 2.65 bits per heavy atom. The van der Waals surface area contributed by atoms with Crippen molar-refractivity contribution in [1.29, 1.82) is 5.41 Å². The Bertz CT molecular complexity index is 402.